The number of carbonyl (C=O) groups excluding carboxylic acids is 2. The van der Waals surface area contributed by atoms with Gasteiger partial charge in [-0.05, 0) is 37.5 Å². The van der Waals surface area contributed by atoms with Crippen molar-refractivity contribution in [2.24, 2.45) is 11.7 Å². The van der Waals surface area contributed by atoms with E-state index in [9.17, 15) is 9.59 Å². The maximum atomic E-state index is 12.6. The molecule has 2 fully saturated rings. The maximum absolute atomic E-state index is 12.6. The summed E-state index contributed by atoms with van der Waals surface area (Å²) in [5.41, 5.74) is 6.60. The molecule has 0 aromatic heterocycles. The molecule has 0 radical (unpaired) electrons. The molecule has 0 saturated carbocycles. The van der Waals surface area contributed by atoms with Crippen LogP contribution in [0.3, 0.4) is 0 Å². The van der Waals surface area contributed by atoms with Gasteiger partial charge in [0.1, 0.15) is 5.92 Å². The minimum Gasteiger partial charge on any atom is -0.340 e. The van der Waals surface area contributed by atoms with E-state index in [4.69, 9.17) is 28.9 Å². The smallest absolute Gasteiger partial charge is 0.239 e. The SMILES string of the molecule is NC1CCCN(C(=O)C2CCN(c3ccc(Cl)c(Cl)c3)C2=O)C1. The van der Waals surface area contributed by atoms with Gasteiger partial charge in [0.15, 0.2) is 0 Å². The van der Waals surface area contributed by atoms with Crippen LogP contribution in [0.1, 0.15) is 19.3 Å². The highest BCUT2D eigenvalue weighted by Crippen LogP contribution is 2.31. The van der Waals surface area contributed by atoms with Crippen molar-refractivity contribution >= 4 is 40.7 Å². The molecule has 2 amide bonds. The topological polar surface area (TPSA) is 66.6 Å². The molecule has 2 saturated heterocycles. The number of rotatable bonds is 2. The average molecular weight is 356 g/mol. The second kappa shape index (κ2) is 6.67. The predicted molar refractivity (Wildman–Crippen MR) is 90.7 cm³/mol. The van der Waals surface area contributed by atoms with Gasteiger partial charge in [0.2, 0.25) is 11.8 Å². The van der Waals surface area contributed by atoms with Gasteiger partial charge in [0.05, 0.1) is 10.0 Å². The Hall–Kier alpha value is -1.30. The molecular formula is C16H19Cl2N3O2. The fraction of sp³-hybridized carbons (Fsp3) is 0.500. The number of amides is 2. The number of halogens is 2. The van der Waals surface area contributed by atoms with Gasteiger partial charge in [-0.2, -0.15) is 0 Å². The summed E-state index contributed by atoms with van der Waals surface area (Å²) in [5, 5.41) is 0.839. The molecular weight excluding hydrogens is 337 g/mol. The lowest BCUT2D eigenvalue weighted by molar-refractivity contribution is -0.140. The van der Waals surface area contributed by atoms with E-state index in [1.165, 1.54) is 0 Å². The van der Waals surface area contributed by atoms with E-state index in [1.807, 2.05) is 0 Å². The van der Waals surface area contributed by atoms with Crippen LogP contribution in [-0.4, -0.2) is 42.4 Å². The lowest BCUT2D eigenvalue weighted by atomic mass is 10.0. The third-order valence-corrected chi connectivity index (χ3v) is 5.23. The Labute approximate surface area is 145 Å². The highest BCUT2D eigenvalue weighted by Gasteiger charge is 2.40. The number of nitrogens with zero attached hydrogens (tertiary/aromatic N) is 2. The molecule has 0 bridgehead atoms. The van der Waals surface area contributed by atoms with Crippen LogP contribution in [0, 0.1) is 5.92 Å². The van der Waals surface area contributed by atoms with Crippen molar-refractivity contribution in [3.05, 3.63) is 28.2 Å². The molecule has 2 N–H and O–H groups in total. The fourth-order valence-corrected chi connectivity index (χ4v) is 3.54. The van der Waals surface area contributed by atoms with Crippen molar-refractivity contribution in [3.8, 4) is 0 Å². The lowest BCUT2D eigenvalue weighted by Crippen LogP contribution is -2.49. The van der Waals surface area contributed by atoms with Crippen LogP contribution in [0.2, 0.25) is 10.0 Å². The first-order chi connectivity index (χ1) is 11.0. The van der Waals surface area contributed by atoms with E-state index < -0.39 is 5.92 Å². The first-order valence-electron chi connectivity index (χ1n) is 7.78. The summed E-state index contributed by atoms with van der Waals surface area (Å²) in [6, 6.07) is 5.07. The van der Waals surface area contributed by atoms with Gasteiger partial charge in [-0.3, -0.25) is 9.59 Å². The summed E-state index contributed by atoms with van der Waals surface area (Å²) < 4.78 is 0. The third-order valence-electron chi connectivity index (χ3n) is 4.49. The standard InChI is InChI=1S/C16H19Cl2N3O2/c17-13-4-3-11(8-14(13)18)21-7-5-12(16(21)23)15(22)20-6-1-2-10(19)9-20/h3-4,8,10,12H,1-2,5-7,9,19H2. The Morgan fingerprint density at radius 2 is 1.96 bits per heavy atom. The Kier molecular flexibility index (Phi) is 4.80. The number of anilines is 1. The maximum Gasteiger partial charge on any atom is 0.239 e. The minimum atomic E-state index is -0.616. The molecule has 7 heteroatoms. The van der Waals surface area contributed by atoms with Crippen molar-refractivity contribution in [1.82, 2.24) is 4.90 Å². The molecule has 1 aromatic rings. The molecule has 2 aliphatic rings. The van der Waals surface area contributed by atoms with Gasteiger partial charge >= 0.3 is 0 Å². The Balaban J connectivity index is 1.73. The molecule has 0 spiro atoms. The van der Waals surface area contributed by atoms with Gasteiger partial charge in [-0.1, -0.05) is 23.2 Å². The second-order valence-corrected chi connectivity index (χ2v) is 6.93. The first kappa shape index (κ1) is 16.6. The van der Waals surface area contributed by atoms with Gasteiger partial charge in [-0.15, -0.1) is 0 Å². The normalized spacial score (nSPS) is 25.1. The number of piperidine rings is 1. The zero-order chi connectivity index (χ0) is 16.6. The molecule has 2 heterocycles. The van der Waals surface area contributed by atoms with Gasteiger partial charge in [-0.25, -0.2) is 0 Å². The van der Waals surface area contributed by atoms with Crippen molar-refractivity contribution in [3.63, 3.8) is 0 Å². The van der Waals surface area contributed by atoms with Crippen LogP contribution in [0.25, 0.3) is 0 Å². The van der Waals surface area contributed by atoms with Crippen LogP contribution >= 0.6 is 23.2 Å². The number of hydrogen-bond donors (Lipinski definition) is 1. The first-order valence-corrected chi connectivity index (χ1v) is 8.54. The van der Waals surface area contributed by atoms with Crippen LogP contribution in [0.4, 0.5) is 5.69 Å². The summed E-state index contributed by atoms with van der Waals surface area (Å²) in [6.07, 6.45) is 2.34. The largest absolute Gasteiger partial charge is 0.340 e. The summed E-state index contributed by atoms with van der Waals surface area (Å²) in [6.45, 7) is 1.73. The number of hydrogen-bond acceptors (Lipinski definition) is 3. The van der Waals surface area contributed by atoms with Crippen LogP contribution in [0.15, 0.2) is 18.2 Å². The Morgan fingerprint density at radius 1 is 1.17 bits per heavy atom. The fourth-order valence-electron chi connectivity index (χ4n) is 3.25. The predicted octanol–water partition coefficient (Wildman–Crippen LogP) is 2.30. The van der Waals surface area contributed by atoms with E-state index in [1.54, 1.807) is 28.0 Å². The monoisotopic (exact) mass is 355 g/mol. The quantitative estimate of drug-likeness (QED) is 0.827. The third kappa shape index (κ3) is 3.32. The molecule has 2 aliphatic heterocycles. The summed E-state index contributed by atoms with van der Waals surface area (Å²) in [4.78, 5) is 28.6. The minimum absolute atomic E-state index is 0.00961. The van der Waals surface area contributed by atoms with Crippen molar-refractivity contribution in [2.75, 3.05) is 24.5 Å². The number of carbonyl (C=O) groups is 2. The lowest BCUT2D eigenvalue weighted by Gasteiger charge is -2.32. The molecule has 3 rings (SSSR count). The van der Waals surface area contributed by atoms with E-state index in [0.29, 0.717) is 41.8 Å². The average Bonchev–Trinajstić information content (AvgIpc) is 2.91. The van der Waals surface area contributed by atoms with Gasteiger partial charge in [0.25, 0.3) is 0 Å². The van der Waals surface area contributed by atoms with Crippen LogP contribution < -0.4 is 10.6 Å². The van der Waals surface area contributed by atoms with Crippen molar-refractivity contribution in [2.45, 2.75) is 25.3 Å². The number of likely N-dealkylation sites (tertiary alicyclic amines) is 1. The highest BCUT2D eigenvalue weighted by atomic mass is 35.5. The van der Waals surface area contributed by atoms with Crippen LogP contribution in [0.5, 0.6) is 0 Å². The van der Waals surface area contributed by atoms with E-state index in [0.717, 1.165) is 12.8 Å². The molecule has 23 heavy (non-hydrogen) atoms. The molecule has 1 aromatic carbocycles. The van der Waals surface area contributed by atoms with Crippen molar-refractivity contribution in [1.29, 1.82) is 0 Å². The number of nitrogens with two attached hydrogens (primary N) is 1. The molecule has 124 valence electrons. The zero-order valence-electron chi connectivity index (χ0n) is 12.7. The zero-order valence-corrected chi connectivity index (χ0v) is 14.2. The van der Waals surface area contributed by atoms with Gasteiger partial charge < -0.3 is 15.5 Å². The van der Waals surface area contributed by atoms with Crippen molar-refractivity contribution < 1.29 is 9.59 Å². The highest BCUT2D eigenvalue weighted by molar-refractivity contribution is 6.42. The summed E-state index contributed by atoms with van der Waals surface area (Å²) in [7, 11) is 0. The van der Waals surface area contributed by atoms with E-state index in [2.05, 4.69) is 0 Å². The second-order valence-electron chi connectivity index (χ2n) is 6.12. The summed E-state index contributed by atoms with van der Waals surface area (Å²) in [5.74, 6) is -0.894. The Morgan fingerprint density at radius 3 is 2.65 bits per heavy atom. The van der Waals surface area contributed by atoms with Gasteiger partial charge in [0, 0.05) is 31.4 Å². The summed E-state index contributed by atoms with van der Waals surface area (Å²) >= 11 is 11.9. The van der Waals surface area contributed by atoms with E-state index >= 15 is 0 Å². The van der Waals surface area contributed by atoms with Crippen LogP contribution in [-0.2, 0) is 9.59 Å². The molecule has 2 atom stereocenters. The molecule has 2 unspecified atom stereocenters. The molecule has 0 aliphatic carbocycles. The Bertz CT molecular complexity index is 638. The van der Waals surface area contributed by atoms with E-state index in [-0.39, 0.29) is 17.9 Å². The molecule has 5 nitrogen and oxygen atoms in total. The number of benzene rings is 1.